The van der Waals surface area contributed by atoms with Crippen LogP contribution in [-0.4, -0.2) is 22.6 Å². The minimum atomic E-state index is 0.0420. The lowest BCUT2D eigenvalue weighted by Gasteiger charge is -2.25. The van der Waals surface area contributed by atoms with Crippen LogP contribution in [0.1, 0.15) is 29.0 Å². The van der Waals surface area contributed by atoms with Crippen LogP contribution in [0.15, 0.2) is 54.6 Å². The Bertz CT molecular complexity index is 655. The summed E-state index contributed by atoms with van der Waals surface area (Å²) in [5.74, 6) is 0.259. The van der Waals surface area contributed by atoms with Gasteiger partial charge in [-0.3, -0.25) is 4.79 Å². The summed E-state index contributed by atoms with van der Waals surface area (Å²) >= 11 is 1.76. The third-order valence-electron chi connectivity index (χ3n) is 4.19. The molecule has 0 aliphatic carbocycles. The van der Waals surface area contributed by atoms with Gasteiger partial charge in [-0.1, -0.05) is 54.6 Å². The molecule has 114 valence electrons. The first-order valence-electron chi connectivity index (χ1n) is 7.72. The van der Waals surface area contributed by atoms with E-state index >= 15 is 0 Å². The van der Waals surface area contributed by atoms with Gasteiger partial charge in [-0.25, -0.2) is 0 Å². The smallest absolute Gasteiger partial charge is 0.236 e. The van der Waals surface area contributed by atoms with E-state index in [1.807, 2.05) is 17.9 Å². The Morgan fingerprint density at radius 2 is 1.73 bits per heavy atom. The van der Waals surface area contributed by atoms with Crippen LogP contribution >= 0.6 is 11.8 Å². The third kappa shape index (κ3) is 3.05. The van der Waals surface area contributed by atoms with Crippen molar-refractivity contribution in [2.24, 2.45) is 0 Å². The average molecular weight is 311 g/mol. The number of amides is 1. The number of hydrogen-bond acceptors (Lipinski definition) is 2. The van der Waals surface area contributed by atoms with Crippen molar-refractivity contribution in [2.45, 2.75) is 30.9 Å². The molecule has 0 N–H and O–H groups in total. The lowest BCUT2D eigenvalue weighted by molar-refractivity contribution is -0.129. The van der Waals surface area contributed by atoms with Gasteiger partial charge in [0.2, 0.25) is 5.91 Å². The fraction of sp³-hybridized carbons (Fsp3) is 0.316. The van der Waals surface area contributed by atoms with E-state index in [9.17, 15) is 4.79 Å². The zero-order valence-corrected chi connectivity index (χ0v) is 13.8. The lowest BCUT2D eigenvalue weighted by atomic mass is 10.1. The van der Waals surface area contributed by atoms with Crippen molar-refractivity contribution in [2.75, 3.05) is 6.54 Å². The Morgan fingerprint density at radius 1 is 1.05 bits per heavy atom. The molecule has 2 aromatic carbocycles. The zero-order chi connectivity index (χ0) is 15.5. The molecule has 22 heavy (non-hydrogen) atoms. The van der Waals surface area contributed by atoms with Crippen molar-refractivity contribution >= 4 is 17.7 Å². The molecule has 3 heteroatoms. The third-order valence-corrected chi connectivity index (χ3v) is 5.56. The molecule has 2 nitrogen and oxygen atoms in total. The van der Waals surface area contributed by atoms with Crippen LogP contribution in [0.4, 0.5) is 0 Å². The summed E-state index contributed by atoms with van der Waals surface area (Å²) in [6.07, 6.45) is 0.905. The number of rotatable bonds is 4. The van der Waals surface area contributed by atoms with Crippen molar-refractivity contribution in [1.29, 1.82) is 0 Å². The first kappa shape index (κ1) is 15.2. The molecule has 0 spiro atoms. The molecule has 2 unspecified atom stereocenters. The number of hydrogen-bond donors (Lipinski definition) is 0. The van der Waals surface area contributed by atoms with E-state index in [1.165, 1.54) is 16.7 Å². The molecule has 1 aliphatic heterocycles. The Morgan fingerprint density at radius 3 is 2.45 bits per heavy atom. The lowest BCUT2D eigenvalue weighted by Crippen LogP contribution is -2.32. The zero-order valence-electron chi connectivity index (χ0n) is 13.0. The van der Waals surface area contributed by atoms with E-state index in [-0.39, 0.29) is 16.5 Å². The molecule has 2 atom stereocenters. The standard InChI is InChI=1S/C19H21NOS/c1-14-8-6-7-11-17(14)19-20(18(21)15(2)22-19)13-12-16-9-4-3-5-10-16/h3-11,15,19H,12-13H2,1-2H3. The van der Waals surface area contributed by atoms with Crippen LogP contribution in [0, 0.1) is 6.92 Å². The van der Waals surface area contributed by atoms with Gasteiger partial charge in [-0.2, -0.15) is 0 Å². The number of carbonyl (C=O) groups excluding carboxylic acids is 1. The van der Waals surface area contributed by atoms with Crippen LogP contribution in [0.5, 0.6) is 0 Å². The Hall–Kier alpha value is -1.74. The molecule has 1 amide bonds. The second kappa shape index (κ2) is 6.57. The highest BCUT2D eigenvalue weighted by atomic mass is 32.2. The maximum absolute atomic E-state index is 12.5. The summed E-state index contributed by atoms with van der Waals surface area (Å²) in [6, 6.07) is 18.8. The molecule has 0 saturated carbocycles. The van der Waals surface area contributed by atoms with Gasteiger partial charge in [0.15, 0.2) is 0 Å². The Labute approximate surface area is 136 Å². The summed E-state index contributed by atoms with van der Waals surface area (Å²) < 4.78 is 0. The van der Waals surface area contributed by atoms with Crippen LogP contribution in [0.3, 0.4) is 0 Å². The number of aryl methyl sites for hydroxylation is 1. The SMILES string of the molecule is Cc1ccccc1C1SC(C)C(=O)N1CCc1ccccc1. The molecule has 0 aromatic heterocycles. The molecule has 1 saturated heterocycles. The highest BCUT2D eigenvalue weighted by molar-refractivity contribution is 8.01. The van der Waals surface area contributed by atoms with Crippen molar-refractivity contribution in [3.05, 3.63) is 71.3 Å². The van der Waals surface area contributed by atoms with E-state index < -0.39 is 0 Å². The first-order valence-corrected chi connectivity index (χ1v) is 8.66. The van der Waals surface area contributed by atoms with Gasteiger partial charge < -0.3 is 4.90 Å². The minimum absolute atomic E-state index is 0.0420. The van der Waals surface area contributed by atoms with E-state index in [1.54, 1.807) is 11.8 Å². The van der Waals surface area contributed by atoms with E-state index in [4.69, 9.17) is 0 Å². The maximum Gasteiger partial charge on any atom is 0.236 e. The van der Waals surface area contributed by atoms with Gasteiger partial charge >= 0.3 is 0 Å². The maximum atomic E-state index is 12.5. The van der Waals surface area contributed by atoms with Crippen LogP contribution < -0.4 is 0 Å². The molecule has 1 aliphatic rings. The fourth-order valence-corrected chi connectivity index (χ4v) is 4.31. The largest absolute Gasteiger partial charge is 0.325 e. The summed E-state index contributed by atoms with van der Waals surface area (Å²) in [7, 11) is 0. The van der Waals surface area contributed by atoms with Gasteiger partial charge in [0.1, 0.15) is 5.37 Å². The van der Waals surface area contributed by atoms with Gasteiger partial charge in [0.25, 0.3) is 0 Å². The predicted molar refractivity (Wildman–Crippen MR) is 92.8 cm³/mol. The summed E-state index contributed by atoms with van der Waals surface area (Å²) in [5, 5.41) is 0.188. The molecule has 2 aromatic rings. The normalized spacial score (nSPS) is 21.4. The number of thioether (sulfide) groups is 1. The van der Waals surface area contributed by atoms with Crippen molar-refractivity contribution in [3.63, 3.8) is 0 Å². The van der Waals surface area contributed by atoms with E-state index in [2.05, 4.69) is 55.5 Å². The molecule has 1 fully saturated rings. The highest BCUT2D eigenvalue weighted by Crippen LogP contribution is 2.43. The Kier molecular flexibility index (Phi) is 4.53. The van der Waals surface area contributed by atoms with Gasteiger partial charge in [0, 0.05) is 6.54 Å². The van der Waals surface area contributed by atoms with Crippen LogP contribution in [0.25, 0.3) is 0 Å². The van der Waals surface area contributed by atoms with Gasteiger partial charge in [-0.05, 0) is 37.0 Å². The monoisotopic (exact) mass is 311 g/mol. The predicted octanol–water partition coefficient (Wildman–Crippen LogP) is 4.20. The topological polar surface area (TPSA) is 20.3 Å². The summed E-state index contributed by atoms with van der Waals surface area (Å²) in [4.78, 5) is 14.6. The van der Waals surface area contributed by atoms with E-state index in [0.29, 0.717) is 0 Å². The van der Waals surface area contributed by atoms with Crippen LogP contribution in [0.2, 0.25) is 0 Å². The number of benzene rings is 2. The van der Waals surface area contributed by atoms with Crippen molar-refractivity contribution in [3.8, 4) is 0 Å². The van der Waals surface area contributed by atoms with Crippen molar-refractivity contribution in [1.82, 2.24) is 4.90 Å². The molecular weight excluding hydrogens is 290 g/mol. The average Bonchev–Trinajstić information content (AvgIpc) is 2.82. The molecule has 3 rings (SSSR count). The van der Waals surface area contributed by atoms with Crippen LogP contribution in [-0.2, 0) is 11.2 Å². The molecule has 0 radical (unpaired) electrons. The van der Waals surface area contributed by atoms with Gasteiger partial charge in [0.05, 0.1) is 5.25 Å². The summed E-state index contributed by atoms with van der Waals surface area (Å²) in [6.45, 7) is 4.92. The highest BCUT2D eigenvalue weighted by Gasteiger charge is 2.38. The van der Waals surface area contributed by atoms with Gasteiger partial charge in [-0.15, -0.1) is 11.8 Å². The molecule has 0 bridgehead atoms. The Balaban J connectivity index is 1.80. The second-order valence-corrected chi connectivity index (χ2v) is 7.18. The quantitative estimate of drug-likeness (QED) is 0.843. The molecule has 1 heterocycles. The fourth-order valence-electron chi connectivity index (χ4n) is 2.90. The number of carbonyl (C=O) groups is 1. The molecular formula is C19H21NOS. The summed E-state index contributed by atoms with van der Waals surface area (Å²) in [5.41, 5.74) is 3.80. The second-order valence-electron chi connectivity index (χ2n) is 5.75. The van der Waals surface area contributed by atoms with Crippen molar-refractivity contribution < 1.29 is 4.79 Å². The minimum Gasteiger partial charge on any atom is -0.325 e. The number of nitrogens with zero attached hydrogens (tertiary/aromatic N) is 1. The first-order chi connectivity index (χ1) is 10.7. The van der Waals surface area contributed by atoms with E-state index in [0.717, 1.165) is 13.0 Å².